The number of likely N-dealkylation sites (N-methyl/N-ethyl adjacent to an activating group) is 1. The molecule has 0 radical (unpaired) electrons. The maximum atomic E-state index is 5.71. The van der Waals surface area contributed by atoms with Gasteiger partial charge in [-0.1, -0.05) is 6.92 Å². The average Bonchev–Trinajstić information content (AvgIpc) is 2.99. The molecule has 94 valence electrons. The fourth-order valence-electron chi connectivity index (χ4n) is 2.42. The van der Waals surface area contributed by atoms with Crippen molar-refractivity contribution in [3.63, 3.8) is 0 Å². The van der Waals surface area contributed by atoms with Gasteiger partial charge in [0.2, 0.25) is 0 Å². The standard InChI is InChI=1S/C13H26N2O/c1-3-15(10-13-5-4-8-16-13)11(2)9-14-12-6-7-12/h11-14H,3-10H2,1-2H3. The van der Waals surface area contributed by atoms with Gasteiger partial charge >= 0.3 is 0 Å². The van der Waals surface area contributed by atoms with Gasteiger partial charge < -0.3 is 10.1 Å². The zero-order valence-corrected chi connectivity index (χ0v) is 10.7. The highest BCUT2D eigenvalue weighted by Gasteiger charge is 2.24. The summed E-state index contributed by atoms with van der Waals surface area (Å²) in [6, 6.07) is 1.46. The van der Waals surface area contributed by atoms with Gasteiger partial charge in [-0.3, -0.25) is 4.90 Å². The van der Waals surface area contributed by atoms with Crippen molar-refractivity contribution in [2.75, 3.05) is 26.2 Å². The highest BCUT2D eigenvalue weighted by atomic mass is 16.5. The van der Waals surface area contributed by atoms with Crippen LogP contribution in [0, 0.1) is 0 Å². The molecule has 3 nitrogen and oxygen atoms in total. The number of hydrogen-bond donors (Lipinski definition) is 1. The minimum Gasteiger partial charge on any atom is -0.377 e. The van der Waals surface area contributed by atoms with Crippen LogP contribution in [0.25, 0.3) is 0 Å². The third kappa shape index (κ3) is 3.72. The van der Waals surface area contributed by atoms with Crippen molar-refractivity contribution in [3.05, 3.63) is 0 Å². The Hall–Kier alpha value is -0.120. The van der Waals surface area contributed by atoms with Crippen LogP contribution >= 0.6 is 0 Å². The van der Waals surface area contributed by atoms with E-state index >= 15 is 0 Å². The topological polar surface area (TPSA) is 24.5 Å². The predicted octanol–water partition coefficient (Wildman–Crippen LogP) is 1.63. The van der Waals surface area contributed by atoms with Crippen LogP contribution in [-0.4, -0.2) is 49.3 Å². The second-order valence-electron chi connectivity index (χ2n) is 5.25. The molecule has 0 bridgehead atoms. The molecule has 0 aromatic heterocycles. The maximum Gasteiger partial charge on any atom is 0.0702 e. The quantitative estimate of drug-likeness (QED) is 0.714. The van der Waals surface area contributed by atoms with Crippen LogP contribution in [-0.2, 0) is 4.74 Å². The number of rotatable bonds is 7. The Labute approximate surface area is 99.5 Å². The molecule has 2 fully saturated rings. The average molecular weight is 226 g/mol. The first kappa shape index (κ1) is 12.3. The zero-order valence-electron chi connectivity index (χ0n) is 10.7. The van der Waals surface area contributed by atoms with Gasteiger partial charge in [-0.05, 0) is 39.2 Å². The number of nitrogens with one attached hydrogen (secondary N) is 1. The molecular weight excluding hydrogens is 200 g/mol. The van der Waals surface area contributed by atoms with E-state index in [9.17, 15) is 0 Å². The normalized spacial score (nSPS) is 27.6. The smallest absolute Gasteiger partial charge is 0.0702 e. The largest absolute Gasteiger partial charge is 0.377 e. The minimum absolute atomic E-state index is 0.489. The first-order chi connectivity index (χ1) is 7.79. The second-order valence-corrected chi connectivity index (χ2v) is 5.25. The van der Waals surface area contributed by atoms with Crippen molar-refractivity contribution in [1.82, 2.24) is 10.2 Å². The third-order valence-corrected chi connectivity index (χ3v) is 3.77. The van der Waals surface area contributed by atoms with E-state index in [0.717, 1.165) is 32.3 Å². The second kappa shape index (κ2) is 5.99. The van der Waals surface area contributed by atoms with E-state index in [1.54, 1.807) is 0 Å². The molecule has 16 heavy (non-hydrogen) atoms. The number of nitrogens with zero attached hydrogens (tertiary/aromatic N) is 1. The predicted molar refractivity (Wildman–Crippen MR) is 66.7 cm³/mol. The highest BCUT2D eigenvalue weighted by Crippen LogP contribution is 2.19. The highest BCUT2D eigenvalue weighted by molar-refractivity contribution is 4.83. The molecular formula is C13H26N2O. The number of ether oxygens (including phenoxy) is 1. The Morgan fingerprint density at radius 3 is 2.75 bits per heavy atom. The van der Waals surface area contributed by atoms with E-state index in [1.165, 1.54) is 25.7 Å². The summed E-state index contributed by atoms with van der Waals surface area (Å²) >= 11 is 0. The van der Waals surface area contributed by atoms with Gasteiger partial charge in [-0.15, -0.1) is 0 Å². The lowest BCUT2D eigenvalue weighted by molar-refractivity contribution is 0.0618. The molecule has 2 rings (SSSR count). The molecule has 2 unspecified atom stereocenters. The van der Waals surface area contributed by atoms with E-state index in [0.29, 0.717) is 12.1 Å². The molecule has 1 aliphatic carbocycles. The molecule has 0 aromatic rings. The molecule has 2 aliphatic rings. The Morgan fingerprint density at radius 1 is 1.38 bits per heavy atom. The summed E-state index contributed by atoms with van der Waals surface area (Å²) in [4.78, 5) is 2.55. The fraction of sp³-hybridized carbons (Fsp3) is 1.00. The van der Waals surface area contributed by atoms with Gasteiger partial charge in [-0.2, -0.15) is 0 Å². The SMILES string of the molecule is CCN(CC1CCCO1)C(C)CNC1CC1. The van der Waals surface area contributed by atoms with E-state index in [2.05, 4.69) is 24.1 Å². The van der Waals surface area contributed by atoms with Crippen LogP contribution in [0.5, 0.6) is 0 Å². The van der Waals surface area contributed by atoms with Crippen molar-refractivity contribution < 1.29 is 4.74 Å². The molecule has 1 aliphatic heterocycles. The van der Waals surface area contributed by atoms with Crippen LogP contribution in [0.4, 0.5) is 0 Å². The van der Waals surface area contributed by atoms with E-state index in [4.69, 9.17) is 4.74 Å². The molecule has 0 amide bonds. The first-order valence-electron chi connectivity index (χ1n) is 6.88. The number of hydrogen-bond acceptors (Lipinski definition) is 3. The van der Waals surface area contributed by atoms with E-state index in [1.807, 2.05) is 0 Å². The Balaban J connectivity index is 1.68. The van der Waals surface area contributed by atoms with Crippen molar-refractivity contribution in [2.45, 2.75) is 57.7 Å². The molecule has 0 aromatic carbocycles. The van der Waals surface area contributed by atoms with Crippen molar-refractivity contribution in [1.29, 1.82) is 0 Å². The summed E-state index contributed by atoms with van der Waals surface area (Å²) in [6.45, 7) is 8.93. The lowest BCUT2D eigenvalue weighted by Crippen LogP contribution is -2.44. The molecule has 0 spiro atoms. The summed E-state index contributed by atoms with van der Waals surface area (Å²) in [5, 5.41) is 3.61. The lowest BCUT2D eigenvalue weighted by Gasteiger charge is -2.30. The molecule has 1 N–H and O–H groups in total. The fourth-order valence-corrected chi connectivity index (χ4v) is 2.42. The Bertz CT molecular complexity index is 200. The summed E-state index contributed by atoms with van der Waals surface area (Å²) in [7, 11) is 0. The summed E-state index contributed by atoms with van der Waals surface area (Å²) in [5.74, 6) is 0. The summed E-state index contributed by atoms with van der Waals surface area (Å²) in [6.07, 6.45) is 5.74. The van der Waals surface area contributed by atoms with Crippen LogP contribution < -0.4 is 5.32 Å². The van der Waals surface area contributed by atoms with E-state index in [-0.39, 0.29) is 0 Å². The monoisotopic (exact) mass is 226 g/mol. The molecule has 2 atom stereocenters. The Kier molecular flexibility index (Phi) is 4.62. The van der Waals surface area contributed by atoms with Gasteiger partial charge in [-0.25, -0.2) is 0 Å². The third-order valence-electron chi connectivity index (χ3n) is 3.77. The maximum absolute atomic E-state index is 5.71. The van der Waals surface area contributed by atoms with Crippen LogP contribution in [0.1, 0.15) is 39.5 Å². The molecule has 1 saturated heterocycles. The minimum atomic E-state index is 0.489. The Morgan fingerprint density at radius 2 is 2.19 bits per heavy atom. The van der Waals surface area contributed by atoms with Crippen molar-refractivity contribution in [3.8, 4) is 0 Å². The summed E-state index contributed by atoms with van der Waals surface area (Å²) < 4.78 is 5.71. The van der Waals surface area contributed by atoms with Gasteiger partial charge in [0.05, 0.1) is 6.10 Å². The molecule has 1 saturated carbocycles. The van der Waals surface area contributed by atoms with Crippen molar-refractivity contribution in [2.24, 2.45) is 0 Å². The van der Waals surface area contributed by atoms with E-state index < -0.39 is 0 Å². The lowest BCUT2D eigenvalue weighted by atomic mass is 10.2. The van der Waals surface area contributed by atoms with Gasteiger partial charge in [0.1, 0.15) is 0 Å². The van der Waals surface area contributed by atoms with Crippen LogP contribution in [0.2, 0.25) is 0 Å². The van der Waals surface area contributed by atoms with Gasteiger partial charge in [0.15, 0.2) is 0 Å². The summed E-state index contributed by atoms with van der Waals surface area (Å²) in [5.41, 5.74) is 0. The van der Waals surface area contributed by atoms with Gasteiger partial charge in [0.25, 0.3) is 0 Å². The molecule has 1 heterocycles. The van der Waals surface area contributed by atoms with Crippen LogP contribution in [0.3, 0.4) is 0 Å². The van der Waals surface area contributed by atoms with Gasteiger partial charge in [0, 0.05) is 31.8 Å². The molecule has 3 heteroatoms. The van der Waals surface area contributed by atoms with Crippen molar-refractivity contribution >= 4 is 0 Å². The van der Waals surface area contributed by atoms with Crippen LogP contribution in [0.15, 0.2) is 0 Å². The first-order valence-corrected chi connectivity index (χ1v) is 6.88. The zero-order chi connectivity index (χ0) is 11.4.